The molecule has 1 heterocycles. The second-order valence-electron chi connectivity index (χ2n) is 5.27. The van der Waals surface area contributed by atoms with E-state index in [2.05, 4.69) is 53.4 Å². The Hall–Kier alpha value is -1.16. The highest BCUT2D eigenvalue weighted by Crippen LogP contribution is 2.41. The summed E-state index contributed by atoms with van der Waals surface area (Å²) in [6, 6.07) is 6.78. The van der Waals surface area contributed by atoms with E-state index in [4.69, 9.17) is 5.73 Å². The van der Waals surface area contributed by atoms with Crippen LogP contribution in [0.15, 0.2) is 18.2 Å². The zero-order chi connectivity index (χ0) is 13.4. The Morgan fingerprint density at radius 3 is 3.05 bits per heavy atom. The molecule has 0 radical (unpaired) electrons. The molecule has 1 aromatic heterocycles. The van der Waals surface area contributed by atoms with E-state index in [-0.39, 0.29) is 0 Å². The summed E-state index contributed by atoms with van der Waals surface area (Å²) in [7, 11) is 0. The molecule has 0 bridgehead atoms. The van der Waals surface area contributed by atoms with Crippen LogP contribution in [0.1, 0.15) is 37.8 Å². The number of nitrogens with zero attached hydrogens (tertiary/aromatic N) is 2. The van der Waals surface area contributed by atoms with E-state index in [0.29, 0.717) is 17.2 Å². The van der Waals surface area contributed by atoms with Gasteiger partial charge in [-0.3, -0.25) is 0 Å². The molecular weight excluding hydrogens is 254 g/mol. The van der Waals surface area contributed by atoms with Gasteiger partial charge in [0.25, 0.3) is 0 Å². The number of hydrogen-bond acceptors (Lipinski definition) is 3. The van der Waals surface area contributed by atoms with Crippen molar-refractivity contribution in [3.05, 3.63) is 23.8 Å². The molecule has 19 heavy (non-hydrogen) atoms. The quantitative estimate of drug-likeness (QED) is 0.927. The number of hydrogen-bond donors (Lipinski definition) is 1. The first-order valence-electron chi connectivity index (χ1n) is 7.07. The van der Waals surface area contributed by atoms with Crippen molar-refractivity contribution < 1.29 is 0 Å². The minimum absolute atomic E-state index is 0.510. The van der Waals surface area contributed by atoms with Gasteiger partial charge in [0.15, 0.2) is 0 Å². The molecule has 4 heteroatoms. The number of thioether (sulfide) groups is 1. The summed E-state index contributed by atoms with van der Waals surface area (Å²) < 4.78 is 2.30. The summed E-state index contributed by atoms with van der Waals surface area (Å²) in [5, 5.41) is 0.685. The predicted octanol–water partition coefficient (Wildman–Crippen LogP) is 3.77. The van der Waals surface area contributed by atoms with E-state index < -0.39 is 0 Å². The Morgan fingerprint density at radius 1 is 1.42 bits per heavy atom. The molecule has 1 aromatic carbocycles. The molecule has 0 saturated heterocycles. The highest BCUT2D eigenvalue weighted by Gasteiger charge is 2.31. The average Bonchev–Trinajstić information content (AvgIpc) is 2.94. The number of para-hydroxylation sites is 1. The number of imidazole rings is 1. The topological polar surface area (TPSA) is 43.8 Å². The number of nitrogen functional groups attached to an aromatic ring is 1. The summed E-state index contributed by atoms with van der Waals surface area (Å²) >= 11 is 2.06. The maximum Gasteiger partial charge on any atom is 0.201 e. The SMILES string of the molecule is CCSC1CCCC1n1c(N)nc2cccc(C)c21. The molecule has 1 saturated carbocycles. The van der Waals surface area contributed by atoms with Gasteiger partial charge in [-0.25, -0.2) is 4.98 Å². The first-order chi connectivity index (χ1) is 9.22. The Bertz CT molecular complexity index is 590. The fourth-order valence-electron chi connectivity index (χ4n) is 3.28. The van der Waals surface area contributed by atoms with Crippen molar-refractivity contribution in [2.75, 3.05) is 11.5 Å². The van der Waals surface area contributed by atoms with Crippen molar-refractivity contribution in [2.45, 2.75) is 44.4 Å². The van der Waals surface area contributed by atoms with Crippen LogP contribution < -0.4 is 5.73 Å². The lowest BCUT2D eigenvalue weighted by molar-refractivity contribution is 0.548. The van der Waals surface area contributed by atoms with Gasteiger partial charge in [0.05, 0.1) is 11.0 Å². The molecule has 0 aliphatic heterocycles. The van der Waals surface area contributed by atoms with Gasteiger partial charge in [-0.05, 0) is 37.1 Å². The van der Waals surface area contributed by atoms with Gasteiger partial charge < -0.3 is 10.3 Å². The van der Waals surface area contributed by atoms with Crippen molar-refractivity contribution in [1.82, 2.24) is 9.55 Å². The van der Waals surface area contributed by atoms with Crippen LogP contribution in [0.2, 0.25) is 0 Å². The number of anilines is 1. The van der Waals surface area contributed by atoms with Gasteiger partial charge in [0, 0.05) is 11.3 Å². The number of aryl methyl sites for hydroxylation is 1. The predicted molar refractivity (Wildman–Crippen MR) is 83.7 cm³/mol. The Balaban J connectivity index is 2.11. The molecule has 2 unspecified atom stereocenters. The van der Waals surface area contributed by atoms with Crippen LogP contribution >= 0.6 is 11.8 Å². The zero-order valence-corrected chi connectivity index (χ0v) is 12.4. The lowest BCUT2D eigenvalue weighted by Gasteiger charge is -2.22. The lowest BCUT2D eigenvalue weighted by atomic mass is 10.1. The van der Waals surface area contributed by atoms with E-state index in [9.17, 15) is 0 Å². The minimum Gasteiger partial charge on any atom is -0.369 e. The van der Waals surface area contributed by atoms with Crippen molar-refractivity contribution in [3.8, 4) is 0 Å². The van der Waals surface area contributed by atoms with E-state index in [1.165, 1.54) is 36.1 Å². The third-order valence-corrected chi connectivity index (χ3v) is 5.38. The Labute approximate surface area is 118 Å². The zero-order valence-electron chi connectivity index (χ0n) is 11.6. The number of rotatable bonds is 3. The summed E-state index contributed by atoms with van der Waals surface area (Å²) in [6.45, 7) is 4.39. The minimum atomic E-state index is 0.510. The molecular formula is C15H21N3S. The molecule has 2 aromatic rings. The fourth-order valence-corrected chi connectivity index (χ4v) is 4.53. The standard InChI is InChI=1S/C15H21N3S/c1-3-19-13-9-5-8-12(13)18-14-10(2)6-4-7-11(14)17-15(18)16/h4,6-7,12-13H,3,5,8-9H2,1-2H3,(H2,16,17). The van der Waals surface area contributed by atoms with Crippen LogP contribution in [0, 0.1) is 6.92 Å². The van der Waals surface area contributed by atoms with Crippen LogP contribution in [-0.4, -0.2) is 20.6 Å². The third kappa shape index (κ3) is 2.12. The van der Waals surface area contributed by atoms with Crippen LogP contribution in [0.25, 0.3) is 11.0 Å². The molecule has 1 aliphatic carbocycles. The second kappa shape index (κ2) is 5.08. The highest BCUT2D eigenvalue weighted by molar-refractivity contribution is 7.99. The van der Waals surface area contributed by atoms with Crippen molar-refractivity contribution in [2.24, 2.45) is 0 Å². The van der Waals surface area contributed by atoms with E-state index in [1.807, 2.05) is 0 Å². The highest BCUT2D eigenvalue weighted by atomic mass is 32.2. The normalized spacial score (nSPS) is 23.3. The fraction of sp³-hybridized carbons (Fsp3) is 0.533. The number of fused-ring (bicyclic) bond motifs is 1. The van der Waals surface area contributed by atoms with Gasteiger partial charge in [-0.1, -0.05) is 25.5 Å². The van der Waals surface area contributed by atoms with E-state index in [0.717, 1.165) is 5.52 Å². The Kier molecular flexibility index (Phi) is 3.44. The van der Waals surface area contributed by atoms with Crippen molar-refractivity contribution in [1.29, 1.82) is 0 Å². The molecule has 3 nitrogen and oxygen atoms in total. The number of nitrogens with two attached hydrogens (primary N) is 1. The maximum atomic E-state index is 6.20. The summed E-state index contributed by atoms with van der Waals surface area (Å²) in [4.78, 5) is 4.54. The van der Waals surface area contributed by atoms with E-state index in [1.54, 1.807) is 0 Å². The molecule has 1 fully saturated rings. The molecule has 2 N–H and O–H groups in total. The third-order valence-electron chi connectivity index (χ3n) is 4.07. The van der Waals surface area contributed by atoms with Crippen LogP contribution in [0.4, 0.5) is 5.95 Å². The molecule has 3 rings (SSSR count). The maximum absolute atomic E-state index is 6.20. The summed E-state index contributed by atoms with van der Waals surface area (Å²) in [5.41, 5.74) is 9.74. The first kappa shape index (κ1) is 12.9. The monoisotopic (exact) mass is 275 g/mol. The lowest BCUT2D eigenvalue weighted by Crippen LogP contribution is -2.18. The summed E-state index contributed by atoms with van der Waals surface area (Å²) in [5.74, 6) is 1.85. The Morgan fingerprint density at radius 2 is 2.26 bits per heavy atom. The molecule has 2 atom stereocenters. The number of aromatic nitrogens is 2. The van der Waals surface area contributed by atoms with Crippen molar-refractivity contribution in [3.63, 3.8) is 0 Å². The average molecular weight is 275 g/mol. The van der Waals surface area contributed by atoms with Gasteiger partial charge in [-0.15, -0.1) is 0 Å². The molecule has 1 aliphatic rings. The summed E-state index contributed by atoms with van der Waals surface area (Å²) in [6.07, 6.45) is 3.82. The molecule has 0 spiro atoms. The van der Waals surface area contributed by atoms with Gasteiger partial charge in [-0.2, -0.15) is 11.8 Å². The van der Waals surface area contributed by atoms with Gasteiger partial charge >= 0.3 is 0 Å². The first-order valence-corrected chi connectivity index (χ1v) is 8.12. The largest absolute Gasteiger partial charge is 0.369 e. The van der Waals surface area contributed by atoms with Gasteiger partial charge in [0.1, 0.15) is 0 Å². The van der Waals surface area contributed by atoms with Crippen LogP contribution in [-0.2, 0) is 0 Å². The van der Waals surface area contributed by atoms with Gasteiger partial charge in [0.2, 0.25) is 5.95 Å². The smallest absolute Gasteiger partial charge is 0.201 e. The second-order valence-corrected chi connectivity index (χ2v) is 6.79. The van der Waals surface area contributed by atoms with Crippen molar-refractivity contribution >= 4 is 28.7 Å². The molecule has 0 amide bonds. The van der Waals surface area contributed by atoms with Crippen LogP contribution in [0.5, 0.6) is 0 Å². The number of benzene rings is 1. The van der Waals surface area contributed by atoms with Crippen LogP contribution in [0.3, 0.4) is 0 Å². The van der Waals surface area contributed by atoms with E-state index >= 15 is 0 Å². The molecule has 102 valence electrons.